The van der Waals surface area contributed by atoms with Crippen LogP contribution in [-0.4, -0.2) is 21.7 Å². The lowest BCUT2D eigenvalue weighted by Crippen LogP contribution is -2.10. The Morgan fingerprint density at radius 1 is 1.21 bits per heavy atom. The Balaban J connectivity index is 1.36. The average molecular weight is 425 g/mol. The molecule has 0 aliphatic heterocycles. The Labute approximate surface area is 179 Å². The second-order valence-electron chi connectivity index (χ2n) is 8.13. The van der Waals surface area contributed by atoms with Gasteiger partial charge in [0, 0.05) is 16.2 Å². The highest BCUT2D eigenvalue weighted by Crippen LogP contribution is 2.44. The molecule has 5 rings (SSSR count). The van der Waals surface area contributed by atoms with Gasteiger partial charge in [-0.3, -0.25) is 4.79 Å². The molecule has 4 nitrogen and oxygen atoms in total. The average Bonchev–Trinajstić information content (AvgIpc) is 3.52. The summed E-state index contributed by atoms with van der Waals surface area (Å²) in [6.07, 6.45) is 5.80. The summed E-state index contributed by atoms with van der Waals surface area (Å²) in [5.41, 5.74) is 2.43. The van der Waals surface area contributed by atoms with E-state index >= 15 is 0 Å². The lowest BCUT2D eigenvalue weighted by atomic mass is 9.89. The number of aromatic nitrogens is 2. The molecule has 2 heterocycles. The summed E-state index contributed by atoms with van der Waals surface area (Å²) in [6, 6.07) is 9.80. The maximum atomic E-state index is 12.3. The number of nitrogens with zero attached hydrogens (tertiary/aromatic N) is 2. The molecule has 1 fully saturated rings. The summed E-state index contributed by atoms with van der Waals surface area (Å²) in [5.74, 6) is 2.28. The van der Waals surface area contributed by atoms with E-state index in [9.17, 15) is 4.79 Å². The zero-order valence-corrected chi connectivity index (χ0v) is 18.2. The van der Waals surface area contributed by atoms with Gasteiger partial charge in [0.1, 0.15) is 22.3 Å². The van der Waals surface area contributed by atoms with Crippen LogP contribution < -0.4 is 0 Å². The van der Waals surface area contributed by atoms with Crippen LogP contribution in [0.15, 0.2) is 35.4 Å². The molecule has 0 spiro atoms. The molecule has 150 valence electrons. The quantitative estimate of drug-likeness (QED) is 0.296. The van der Waals surface area contributed by atoms with E-state index in [0.29, 0.717) is 12.5 Å². The van der Waals surface area contributed by atoms with Crippen molar-refractivity contribution < 1.29 is 9.53 Å². The first-order valence-electron chi connectivity index (χ1n) is 10.3. The van der Waals surface area contributed by atoms with Crippen LogP contribution in [0.4, 0.5) is 0 Å². The molecule has 29 heavy (non-hydrogen) atoms. The highest BCUT2D eigenvalue weighted by atomic mass is 32.2. The van der Waals surface area contributed by atoms with Gasteiger partial charge >= 0.3 is 5.97 Å². The normalized spacial score (nSPS) is 18.6. The molecule has 1 atom stereocenters. The van der Waals surface area contributed by atoms with Gasteiger partial charge in [0.15, 0.2) is 0 Å². The molecule has 0 bridgehead atoms. The molecule has 0 amide bonds. The second-order valence-corrected chi connectivity index (χ2v) is 10.2. The van der Waals surface area contributed by atoms with Gasteiger partial charge in [-0.05, 0) is 49.1 Å². The minimum absolute atomic E-state index is 0.198. The monoisotopic (exact) mass is 424 g/mol. The van der Waals surface area contributed by atoms with Crippen molar-refractivity contribution in [3.05, 3.63) is 52.2 Å². The molecular weight excluding hydrogens is 400 g/mol. The molecule has 1 aromatic carbocycles. The SMILES string of the molecule is C[C@@H]1CCc2c(sc3nc(C4CC4)nc(SCC(=O)OCc4ccccc4)c23)C1. The number of thioether (sulfide) groups is 1. The smallest absolute Gasteiger partial charge is 0.316 e. The Morgan fingerprint density at radius 2 is 2.03 bits per heavy atom. The molecule has 0 saturated heterocycles. The number of thiophene rings is 1. The van der Waals surface area contributed by atoms with E-state index in [4.69, 9.17) is 14.7 Å². The van der Waals surface area contributed by atoms with Crippen molar-refractivity contribution in [2.24, 2.45) is 5.92 Å². The maximum Gasteiger partial charge on any atom is 0.316 e. The van der Waals surface area contributed by atoms with Gasteiger partial charge in [-0.25, -0.2) is 9.97 Å². The third-order valence-electron chi connectivity index (χ3n) is 5.65. The fourth-order valence-electron chi connectivity index (χ4n) is 3.86. The van der Waals surface area contributed by atoms with Crippen molar-refractivity contribution >= 4 is 39.3 Å². The van der Waals surface area contributed by atoms with E-state index in [2.05, 4.69) is 6.92 Å². The summed E-state index contributed by atoms with van der Waals surface area (Å²) in [4.78, 5) is 24.7. The van der Waals surface area contributed by atoms with E-state index in [1.54, 1.807) is 0 Å². The molecule has 6 heteroatoms. The molecule has 0 unspecified atom stereocenters. The molecule has 0 radical (unpaired) electrons. The second kappa shape index (κ2) is 8.07. The highest BCUT2D eigenvalue weighted by Gasteiger charge is 2.30. The fourth-order valence-corrected chi connectivity index (χ4v) is 6.17. The third kappa shape index (κ3) is 4.19. The van der Waals surface area contributed by atoms with Crippen LogP contribution in [-0.2, 0) is 29.0 Å². The molecule has 2 aromatic heterocycles. The van der Waals surface area contributed by atoms with E-state index in [1.807, 2.05) is 41.7 Å². The number of rotatable bonds is 6. The predicted octanol–water partition coefficient (Wildman–Crippen LogP) is 5.53. The first kappa shape index (κ1) is 19.1. The van der Waals surface area contributed by atoms with Crippen LogP contribution in [0.3, 0.4) is 0 Å². The van der Waals surface area contributed by atoms with Crippen molar-refractivity contribution in [2.45, 2.75) is 56.6 Å². The standard InChI is InChI=1S/C23H24N2O2S2/c1-14-7-10-17-18(11-14)29-23-20(17)22(24-21(25-23)16-8-9-16)28-13-19(26)27-12-15-5-3-2-4-6-15/h2-6,14,16H,7-13H2,1H3/t14-/m1/s1. The Morgan fingerprint density at radius 3 is 2.83 bits per heavy atom. The molecule has 2 aliphatic carbocycles. The molecule has 2 aliphatic rings. The maximum absolute atomic E-state index is 12.3. The number of hydrogen-bond donors (Lipinski definition) is 0. The van der Waals surface area contributed by atoms with Crippen LogP contribution in [0.1, 0.15) is 53.9 Å². The molecule has 0 N–H and O–H groups in total. The predicted molar refractivity (Wildman–Crippen MR) is 118 cm³/mol. The van der Waals surface area contributed by atoms with Gasteiger partial charge in [-0.1, -0.05) is 49.0 Å². The number of carbonyl (C=O) groups excluding carboxylic acids is 1. The number of benzene rings is 1. The number of ether oxygens (including phenoxy) is 1. The number of hydrogen-bond acceptors (Lipinski definition) is 6. The van der Waals surface area contributed by atoms with E-state index in [1.165, 1.54) is 46.9 Å². The lowest BCUT2D eigenvalue weighted by Gasteiger charge is -2.18. The minimum Gasteiger partial charge on any atom is -0.460 e. The Bertz CT molecular complexity index is 1040. The number of aryl methyl sites for hydroxylation is 1. The summed E-state index contributed by atoms with van der Waals surface area (Å²) < 4.78 is 5.46. The Hall–Kier alpha value is -1.92. The number of fused-ring (bicyclic) bond motifs is 3. The Kier molecular flexibility index (Phi) is 5.31. The van der Waals surface area contributed by atoms with Crippen LogP contribution in [0, 0.1) is 5.92 Å². The number of carbonyl (C=O) groups is 1. The summed E-state index contributed by atoms with van der Waals surface area (Å²) in [7, 11) is 0. The van der Waals surface area contributed by atoms with Gasteiger partial charge in [0.25, 0.3) is 0 Å². The van der Waals surface area contributed by atoms with Gasteiger partial charge in [0.2, 0.25) is 0 Å². The molecule has 1 saturated carbocycles. The van der Waals surface area contributed by atoms with Gasteiger partial charge < -0.3 is 4.74 Å². The zero-order chi connectivity index (χ0) is 19.8. The van der Waals surface area contributed by atoms with Crippen LogP contribution >= 0.6 is 23.1 Å². The van der Waals surface area contributed by atoms with Crippen molar-refractivity contribution in [3.8, 4) is 0 Å². The van der Waals surface area contributed by atoms with Crippen molar-refractivity contribution in [3.63, 3.8) is 0 Å². The van der Waals surface area contributed by atoms with Crippen LogP contribution in [0.2, 0.25) is 0 Å². The lowest BCUT2D eigenvalue weighted by molar-refractivity contribution is -0.141. The molecular formula is C23H24N2O2S2. The first-order valence-corrected chi connectivity index (χ1v) is 12.1. The molecule has 3 aromatic rings. The minimum atomic E-state index is -0.198. The highest BCUT2D eigenvalue weighted by molar-refractivity contribution is 8.00. The van der Waals surface area contributed by atoms with Gasteiger partial charge in [-0.15, -0.1) is 11.3 Å². The third-order valence-corrected chi connectivity index (χ3v) is 7.75. The van der Waals surface area contributed by atoms with Crippen LogP contribution in [0.25, 0.3) is 10.2 Å². The van der Waals surface area contributed by atoms with Crippen molar-refractivity contribution in [1.82, 2.24) is 9.97 Å². The van der Waals surface area contributed by atoms with Gasteiger partial charge in [0.05, 0.1) is 5.75 Å². The summed E-state index contributed by atoms with van der Waals surface area (Å²) >= 11 is 3.35. The van der Waals surface area contributed by atoms with E-state index < -0.39 is 0 Å². The topological polar surface area (TPSA) is 52.1 Å². The van der Waals surface area contributed by atoms with Crippen molar-refractivity contribution in [1.29, 1.82) is 0 Å². The number of esters is 1. The van der Waals surface area contributed by atoms with Crippen molar-refractivity contribution in [2.75, 3.05) is 5.75 Å². The fraction of sp³-hybridized carbons (Fsp3) is 0.435. The zero-order valence-electron chi connectivity index (χ0n) is 16.5. The van der Waals surface area contributed by atoms with E-state index in [-0.39, 0.29) is 11.7 Å². The van der Waals surface area contributed by atoms with Crippen LogP contribution in [0.5, 0.6) is 0 Å². The van der Waals surface area contributed by atoms with E-state index in [0.717, 1.165) is 40.0 Å². The summed E-state index contributed by atoms with van der Waals surface area (Å²) in [6.45, 7) is 2.64. The summed E-state index contributed by atoms with van der Waals surface area (Å²) in [5, 5.41) is 2.17. The largest absolute Gasteiger partial charge is 0.460 e. The van der Waals surface area contributed by atoms with Gasteiger partial charge in [-0.2, -0.15) is 0 Å². The first-order chi connectivity index (χ1) is 14.2.